The molecule has 1 aromatic heterocycles. The smallest absolute Gasteiger partial charge is 0.201 e. The second kappa shape index (κ2) is 5.24. The number of nitriles is 1. The second-order valence-electron chi connectivity index (χ2n) is 4.41. The molecule has 0 amide bonds. The lowest BCUT2D eigenvalue weighted by atomic mass is 10.2. The first-order chi connectivity index (χ1) is 9.74. The monoisotopic (exact) mass is 282 g/mol. The van der Waals surface area contributed by atoms with Crippen LogP contribution < -0.4 is 5.32 Å². The highest BCUT2D eigenvalue weighted by molar-refractivity contribution is 6.30. The summed E-state index contributed by atoms with van der Waals surface area (Å²) in [5.41, 5.74) is 3.42. The van der Waals surface area contributed by atoms with Gasteiger partial charge in [-0.25, -0.2) is 4.98 Å². The van der Waals surface area contributed by atoms with Crippen molar-refractivity contribution in [3.8, 4) is 6.07 Å². The van der Waals surface area contributed by atoms with E-state index in [1.54, 1.807) is 12.1 Å². The first-order valence-electron chi connectivity index (χ1n) is 6.13. The van der Waals surface area contributed by atoms with Crippen LogP contribution in [0.15, 0.2) is 42.5 Å². The number of nitrogens with zero attached hydrogens (tertiary/aromatic N) is 2. The van der Waals surface area contributed by atoms with Gasteiger partial charge >= 0.3 is 0 Å². The highest BCUT2D eigenvalue weighted by atomic mass is 35.5. The molecule has 0 radical (unpaired) electrons. The molecule has 2 aromatic carbocycles. The maximum Gasteiger partial charge on any atom is 0.201 e. The number of aromatic nitrogens is 2. The lowest BCUT2D eigenvalue weighted by molar-refractivity contribution is 1.10. The minimum atomic E-state index is 0.616. The Balaban J connectivity index is 1.77. The second-order valence-corrected chi connectivity index (χ2v) is 4.85. The Hall–Kier alpha value is -2.51. The summed E-state index contributed by atoms with van der Waals surface area (Å²) in [6.07, 6.45) is 0. The minimum absolute atomic E-state index is 0.616. The van der Waals surface area contributed by atoms with E-state index in [1.807, 2.05) is 30.3 Å². The van der Waals surface area contributed by atoms with Gasteiger partial charge in [-0.3, -0.25) is 0 Å². The minimum Gasteiger partial charge on any atom is -0.352 e. The van der Waals surface area contributed by atoms with Crippen LogP contribution in [-0.4, -0.2) is 9.97 Å². The fourth-order valence-corrected chi connectivity index (χ4v) is 2.08. The molecule has 2 N–H and O–H groups in total. The molecule has 0 aliphatic rings. The summed E-state index contributed by atoms with van der Waals surface area (Å²) in [4.78, 5) is 7.57. The quantitative estimate of drug-likeness (QED) is 0.770. The molecule has 0 aliphatic heterocycles. The van der Waals surface area contributed by atoms with E-state index in [0.29, 0.717) is 18.1 Å². The van der Waals surface area contributed by atoms with Gasteiger partial charge in [0.15, 0.2) is 0 Å². The van der Waals surface area contributed by atoms with Crippen molar-refractivity contribution in [3.63, 3.8) is 0 Å². The number of benzene rings is 2. The van der Waals surface area contributed by atoms with E-state index >= 15 is 0 Å². The Morgan fingerprint density at radius 2 is 2.00 bits per heavy atom. The van der Waals surface area contributed by atoms with Crippen LogP contribution in [0, 0.1) is 11.3 Å². The molecule has 0 fully saturated rings. The summed E-state index contributed by atoms with van der Waals surface area (Å²) >= 11 is 5.85. The third kappa shape index (κ3) is 2.58. The molecule has 1 heterocycles. The normalized spacial score (nSPS) is 10.4. The molecule has 0 saturated heterocycles. The van der Waals surface area contributed by atoms with E-state index in [4.69, 9.17) is 16.9 Å². The zero-order valence-electron chi connectivity index (χ0n) is 10.5. The van der Waals surface area contributed by atoms with Crippen molar-refractivity contribution in [1.82, 2.24) is 9.97 Å². The van der Waals surface area contributed by atoms with Crippen LogP contribution in [0.3, 0.4) is 0 Å². The maximum atomic E-state index is 8.87. The van der Waals surface area contributed by atoms with Gasteiger partial charge in [-0.15, -0.1) is 0 Å². The Morgan fingerprint density at radius 3 is 2.75 bits per heavy atom. The number of halogens is 1. The molecule has 0 atom stereocenters. The fourth-order valence-electron chi connectivity index (χ4n) is 1.95. The summed E-state index contributed by atoms with van der Waals surface area (Å²) in [6.45, 7) is 0.655. The predicted molar refractivity (Wildman–Crippen MR) is 79.6 cm³/mol. The third-order valence-corrected chi connectivity index (χ3v) is 3.24. The Bertz CT molecular complexity index is 784. The number of fused-ring (bicyclic) bond motifs is 1. The zero-order valence-corrected chi connectivity index (χ0v) is 11.3. The van der Waals surface area contributed by atoms with Crippen LogP contribution >= 0.6 is 11.6 Å². The molecule has 0 aliphatic carbocycles. The highest BCUT2D eigenvalue weighted by Gasteiger charge is 2.03. The Morgan fingerprint density at radius 1 is 1.20 bits per heavy atom. The molecule has 98 valence electrons. The van der Waals surface area contributed by atoms with Gasteiger partial charge < -0.3 is 10.3 Å². The summed E-state index contributed by atoms with van der Waals surface area (Å²) in [5, 5.41) is 12.8. The molecule has 0 unspecified atom stereocenters. The molecule has 0 bridgehead atoms. The lowest BCUT2D eigenvalue weighted by Gasteiger charge is -2.02. The van der Waals surface area contributed by atoms with Crippen molar-refractivity contribution in [2.75, 3.05) is 5.32 Å². The maximum absolute atomic E-state index is 8.87. The molecular formula is C15H11ClN4. The van der Waals surface area contributed by atoms with E-state index < -0.39 is 0 Å². The number of nitrogens with one attached hydrogen (secondary N) is 2. The van der Waals surface area contributed by atoms with Crippen molar-refractivity contribution < 1.29 is 0 Å². The van der Waals surface area contributed by atoms with Crippen molar-refractivity contribution in [3.05, 3.63) is 58.6 Å². The van der Waals surface area contributed by atoms with E-state index in [-0.39, 0.29) is 0 Å². The summed E-state index contributed by atoms with van der Waals surface area (Å²) < 4.78 is 0. The van der Waals surface area contributed by atoms with Crippen LogP contribution in [0.2, 0.25) is 5.02 Å². The average molecular weight is 283 g/mol. The van der Waals surface area contributed by atoms with Crippen LogP contribution in [0.1, 0.15) is 11.1 Å². The number of imidazole rings is 1. The van der Waals surface area contributed by atoms with Gasteiger partial charge in [0, 0.05) is 11.6 Å². The largest absolute Gasteiger partial charge is 0.352 e. The summed E-state index contributed by atoms with van der Waals surface area (Å²) in [5.74, 6) is 0.685. The van der Waals surface area contributed by atoms with Crippen LogP contribution in [-0.2, 0) is 6.54 Å². The van der Waals surface area contributed by atoms with Crippen LogP contribution in [0.25, 0.3) is 11.0 Å². The number of H-pyrrole nitrogens is 1. The van der Waals surface area contributed by atoms with E-state index in [9.17, 15) is 0 Å². The average Bonchev–Trinajstić information content (AvgIpc) is 2.88. The standard InChI is InChI=1S/C15H11ClN4/c16-12-4-1-10(2-5-12)9-18-15-19-13-6-3-11(8-17)7-14(13)20-15/h1-7H,9H2,(H2,18,19,20). The topological polar surface area (TPSA) is 64.5 Å². The van der Waals surface area contributed by atoms with Crippen LogP contribution in [0.5, 0.6) is 0 Å². The van der Waals surface area contributed by atoms with Crippen LogP contribution in [0.4, 0.5) is 5.95 Å². The van der Waals surface area contributed by atoms with Gasteiger partial charge in [-0.2, -0.15) is 5.26 Å². The SMILES string of the molecule is N#Cc1ccc2nc(NCc3ccc(Cl)cc3)[nH]c2c1. The van der Waals surface area contributed by atoms with Gasteiger partial charge in [0.1, 0.15) is 0 Å². The molecule has 0 spiro atoms. The van der Waals surface area contributed by atoms with Gasteiger partial charge in [-0.05, 0) is 35.9 Å². The van der Waals surface area contributed by atoms with Gasteiger partial charge in [0.2, 0.25) is 5.95 Å². The zero-order chi connectivity index (χ0) is 13.9. The predicted octanol–water partition coefficient (Wildman–Crippen LogP) is 3.70. The summed E-state index contributed by atoms with van der Waals surface area (Å²) in [7, 11) is 0. The first kappa shape index (κ1) is 12.5. The van der Waals surface area contributed by atoms with E-state index in [0.717, 1.165) is 21.6 Å². The van der Waals surface area contributed by atoms with Gasteiger partial charge in [-0.1, -0.05) is 23.7 Å². The molecule has 20 heavy (non-hydrogen) atoms. The lowest BCUT2D eigenvalue weighted by Crippen LogP contribution is -2.00. The number of aromatic amines is 1. The Labute approximate surface area is 121 Å². The van der Waals surface area contributed by atoms with Crippen molar-refractivity contribution in [1.29, 1.82) is 5.26 Å². The highest BCUT2D eigenvalue weighted by Crippen LogP contribution is 2.17. The van der Waals surface area contributed by atoms with Crippen molar-refractivity contribution in [2.24, 2.45) is 0 Å². The van der Waals surface area contributed by atoms with Crippen molar-refractivity contribution >= 4 is 28.6 Å². The van der Waals surface area contributed by atoms with Gasteiger partial charge in [0.05, 0.1) is 22.7 Å². The number of hydrogen-bond acceptors (Lipinski definition) is 3. The molecule has 3 aromatic rings. The number of hydrogen-bond donors (Lipinski definition) is 2. The Kier molecular flexibility index (Phi) is 3.28. The summed E-state index contributed by atoms with van der Waals surface area (Å²) in [6, 6.07) is 15.1. The molecular weight excluding hydrogens is 272 g/mol. The van der Waals surface area contributed by atoms with Gasteiger partial charge in [0.25, 0.3) is 0 Å². The van der Waals surface area contributed by atoms with E-state index in [1.165, 1.54) is 0 Å². The number of anilines is 1. The molecule has 3 rings (SSSR count). The molecule has 5 heteroatoms. The van der Waals surface area contributed by atoms with E-state index in [2.05, 4.69) is 21.4 Å². The first-order valence-corrected chi connectivity index (χ1v) is 6.50. The molecule has 0 saturated carbocycles. The number of rotatable bonds is 3. The molecule has 4 nitrogen and oxygen atoms in total. The van der Waals surface area contributed by atoms with Crippen molar-refractivity contribution in [2.45, 2.75) is 6.54 Å². The fraction of sp³-hybridized carbons (Fsp3) is 0.0667. The third-order valence-electron chi connectivity index (χ3n) is 2.98.